The van der Waals surface area contributed by atoms with Crippen LogP contribution >= 0.6 is 35.0 Å². The molecule has 3 nitrogen and oxygen atoms in total. The smallest absolute Gasteiger partial charge is 0.0840 e. The average Bonchev–Trinajstić information content (AvgIpc) is 2.88. The van der Waals surface area contributed by atoms with Gasteiger partial charge in [0, 0.05) is 46.1 Å². The lowest BCUT2D eigenvalue weighted by Gasteiger charge is -2.15. The fourth-order valence-electron chi connectivity index (χ4n) is 3.45. The van der Waals surface area contributed by atoms with Crippen LogP contribution in [0.4, 0.5) is 0 Å². The summed E-state index contributed by atoms with van der Waals surface area (Å²) in [5, 5.41) is 5.88. The number of hydrogen-bond donors (Lipinski definition) is 1. The summed E-state index contributed by atoms with van der Waals surface area (Å²) >= 11 is 14.2. The first-order valence-electron chi connectivity index (χ1n) is 9.30. The summed E-state index contributed by atoms with van der Waals surface area (Å²) < 4.78 is 2.40. The van der Waals surface area contributed by atoms with Crippen molar-refractivity contribution in [3.8, 4) is 0 Å². The zero-order valence-corrected chi connectivity index (χ0v) is 18.9. The Morgan fingerprint density at radius 1 is 1.11 bits per heavy atom. The molecule has 0 fully saturated rings. The SMILES string of the molecule is CNCc1c(C(C)C)c(Sc2cc(Cl)cc(Cl)c2)n(Cc2ccncc2)c1C. The van der Waals surface area contributed by atoms with E-state index < -0.39 is 0 Å². The lowest BCUT2D eigenvalue weighted by Crippen LogP contribution is -2.09. The molecule has 0 saturated heterocycles. The minimum Gasteiger partial charge on any atom is -0.335 e. The Kier molecular flexibility index (Phi) is 7.10. The van der Waals surface area contributed by atoms with Gasteiger partial charge >= 0.3 is 0 Å². The fraction of sp³-hybridized carbons (Fsp3) is 0.318. The Morgan fingerprint density at radius 3 is 2.32 bits per heavy atom. The first-order valence-corrected chi connectivity index (χ1v) is 10.9. The molecule has 0 amide bonds. The molecule has 3 rings (SSSR count). The summed E-state index contributed by atoms with van der Waals surface area (Å²) in [7, 11) is 1.99. The number of rotatable bonds is 7. The molecule has 0 aliphatic carbocycles. The quantitative estimate of drug-likeness (QED) is 0.458. The van der Waals surface area contributed by atoms with E-state index in [4.69, 9.17) is 23.2 Å². The predicted molar refractivity (Wildman–Crippen MR) is 120 cm³/mol. The standard InChI is InChI=1S/C22H25Cl2N3S/c1-14(2)21-20(12-25-4)15(3)27(13-16-5-7-26-8-6-16)22(21)28-19-10-17(23)9-18(24)11-19/h5-11,14,25H,12-13H2,1-4H3. The zero-order chi connectivity index (χ0) is 20.3. The lowest BCUT2D eigenvalue weighted by molar-refractivity contribution is 0.689. The number of hydrogen-bond acceptors (Lipinski definition) is 3. The van der Waals surface area contributed by atoms with E-state index in [9.17, 15) is 0 Å². The molecule has 6 heteroatoms. The van der Waals surface area contributed by atoms with Gasteiger partial charge in [-0.25, -0.2) is 0 Å². The van der Waals surface area contributed by atoms with Crippen LogP contribution in [0, 0.1) is 6.92 Å². The second kappa shape index (κ2) is 9.36. The Hall–Kier alpha value is -1.46. The van der Waals surface area contributed by atoms with E-state index in [1.807, 2.05) is 31.6 Å². The summed E-state index contributed by atoms with van der Waals surface area (Å²) in [5.41, 5.74) is 5.25. The van der Waals surface area contributed by atoms with Crippen molar-refractivity contribution in [3.63, 3.8) is 0 Å². The van der Waals surface area contributed by atoms with Gasteiger partial charge in [0.05, 0.1) is 5.03 Å². The molecule has 0 bridgehead atoms. The average molecular weight is 434 g/mol. The van der Waals surface area contributed by atoms with Crippen molar-refractivity contribution in [2.75, 3.05) is 7.05 Å². The predicted octanol–water partition coefficient (Wildman–Crippen LogP) is 6.54. The summed E-state index contributed by atoms with van der Waals surface area (Å²) in [5.74, 6) is 0.401. The lowest BCUT2D eigenvalue weighted by atomic mass is 10.0. The largest absolute Gasteiger partial charge is 0.335 e. The van der Waals surface area contributed by atoms with Gasteiger partial charge in [-0.1, -0.05) is 48.8 Å². The number of aromatic nitrogens is 2. The summed E-state index contributed by atoms with van der Waals surface area (Å²) in [6, 6.07) is 9.84. The highest BCUT2D eigenvalue weighted by Gasteiger charge is 2.23. The highest BCUT2D eigenvalue weighted by molar-refractivity contribution is 7.99. The summed E-state index contributed by atoms with van der Waals surface area (Å²) in [6.45, 7) is 8.34. The van der Waals surface area contributed by atoms with E-state index in [1.54, 1.807) is 17.8 Å². The molecule has 3 aromatic rings. The molecule has 0 aliphatic heterocycles. The van der Waals surface area contributed by atoms with Crippen LogP contribution < -0.4 is 5.32 Å². The van der Waals surface area contributed by atoms with Crippen molar-refractivity contribution >= 4 is 35.0 Å². The minimum absolute atomic E-state index is 0.401. The van der Waals surface area contributed by atoms with E-state index in [1.165, 1.54) is 27.4 Å². The summed E-state index contributed by atoms with van der Waals surface area (Å²) in [4.78, 5) is 5.19. The van der Waals surface area contributed by atoms with E-state index >= 15 is 0 Å². The number of pyridine rings is 1. The first-order chi connectivity index (χ1) is 13.4. The van der Waals surface area contributed by atoms with Gasteiger partial charge in [-0.2, -0.15) is 0 Å². The van der Waals surface area contributed by atoms with Gasteiger partial charge in [0.1, 0.15) is 0 Å². The molecule has 28 heavy (non-hydrogen) atoms. The maximum Gasteiger partial charge on any atom is 0.0840 e. The Morgan fingerprint density at radius 2 is 1.75 bits per heavy atom. The van der Waals surface area contributed by atoms with Crippen molar-refractivity contribution < 1.29 is 0 Å². The number of benzene rings is 1. The molecule has 0 spiro atoms. The van der Waals surface area contributed by atoms with Gasteiger partial charge in [0.25, 0.3) is 0 Å². The molecule has 148 valence electrons. The molecular formula is C22H25Cl2N3S. The maximum absolute atomic E-state index is 6.25. The zero-order valence-electron chi connectivity index (χ0n) is 16.6. The van der Waals surface area contributed by atoms with Gasteiger partial charge in [0.2, 0.25) is 0 Å². The van der Waals surface area contributed by atoms with Crippen LogP contribution in [-0.2, 0) is 13.1 Å². The summed E-state index contributed by atoms with van der Waals surface area (Å²) in [6.07, 6.45) is 3.69. The van der Waals surface area contributed by atoms with Crippen LogP contribution in [0.3, 0.4) is 0 Å². The highest BCUT2D eigenvalue weighted by Crippen LogP contribution is 2.41. The first kappa shape index (κ1) is 21.3. The number of halogens is 2. The molecule has 0 atom stereocenters. The van der Waals surface area contributed by atoms with Crippen molar-refractivity contribution in [3.05, 3.63) is 75.2 Å². The van der Waals surface area contributed by atoms with Gasteiger partial charge in [0.15, 0.2) is 0 Å². The van der Waals surface area contributed by atoms with Crippen LogP contribution in [0.2, 0.25) is 10.0 Å². The molecular weight excluding hydrogens is 409 g/mol. The van der Waals surface area contributed by atoms with Crippen LogP contribution in [-0.4, -0.2) is 16.6 Å². The molecule has 0 saturated carbocycles. The molecule has 1 aromatic carbocycles. The van der Waals surface area contributed by atoms with Crippen LogP contribution in [0.15, 0.2) is 52.6 Å². The maximum atomic E-state index is 6.25. The molecule has 0 unspecified atom stereocenters. The van der Waals surface area contributed by atoms with Crippen LogP contribution in [0.1, 0.15) is 42.1 Å². The number of nitrogens with one attached hydrogen (secondary N) is 1. The van der Waals surface area contributed by atoms with E-state index in [0.29, 0.717) is 16.0 Å². The third-order valence-electron chi connectivity index (χ3n) is 4.71. The third-order valence-corrected chi connectivity index (χ3v) is 6.26. The van der Waals surface area contributed by atoms with E-state index in [-0.39, 0.29) is 0 Å². The molecule has 1 N–H and O–H groups in total. The monoisotopic (exact) mass is 433 g/mol. The van der Waals surface area contributed by atoms with Gasteiger partial charge in [-0.15, -0.1) is 0 Å². The minimum atomic E-state index is 0.401. The molecule has 2 aromatic heterocycles. The van der Waals surface area contributed by atoms with Gasteiger partial charge < -0.3 is 9.88 Å². The second-order valence-corrected chi connectivity index (χ2v) is 9.05. The topological polar surface area (TPSA) is 29.9 Å². The van der Waals surface area contributed by atoms with Gasteiger partial charge in [-0.05, 0) is 66.9 Å². The fourth-order valence-corrected chi connectivity index (χ4v) is 5.48. The van der Waals surface area contributed by atoms with Crippen LogP contribution in [0.5, 0.6) is 0 Å². The van der Waals surface area contributed by atoms with Crippen LogP contribution in [0.25, 0.3) is 0 Å². The normalized spacial score (nSPS) is 11.4. The Bertz CT molecular complexity index is 932. The highest BCUT2D eigenvalue weighted by atomic mass is 35.5. The van der Waals surface area contributed by atoms with Crippen molar-refractivity contribution in [2.24, 2.45) is 0 Å². The molecule has 0 aliphatic rings. The Balaban J connectivity index is 2.14. The van der Waals surface area contributed by atoms with E-state index in [0.717, 1.165) is 18.0 Å². The number of nitrogens with zero attached hydrogens (tertiary/aromatic N) is 2. The second-order valence-electron chi connectivity index (χ2n) is 7.12. The molecule has 0 radical (unpaired) electrons. The molecule has 2 heterocycles. The van der Waals surface area contributed by atoms with Crippen molar-refractivity contribution in [2.45, 2.75) is 49.7 Å². The third kappa shape index (κ3) is 4.74. The van der Waals surface area contributed by atoms with E-state index in [2.05, 4.69) is 47.8 Å². The van der Waals surface area contributed by atoms with Crippen molar-refractivity contribution in [1.29, 1.82) is 0 Å². The van der Waals surface area contributed by atoms with Crippen molar-refractivity contribution in [1.82, 2.24) is 14.9 Å². The Labute approximate surface area is 181 Å². The van der Waals surface area contributed by atoms with Gasteiger partial charge in [-0.3, -0.25) is 4.98 Å².